The van der Waals surface area contributed by atoms with Crippen molar-refractivity contribution < 1.29 is 14.6 Å². The van der Waals surface area contributed by atoms with Crippen molar-refractivity contribution in [3.63, 3.8) is 0 Å². The first-order valence-corrected chi connectivity index (χ1v) is 4.33. The summed E-state index contributed by atoms with van der Waals surface area (Å²) in [7, 11) is 1.66. The Labute approximate surface area is 72.9 Å². The predicted octanol–water partition coefficient (Wildman–Crippen LogP) is -0.282. The van der Waals surface area contributed by atoms with E-state index in [9.17, 15) is 0 Å². The van der Waals surface area contributed by atoms with Gasteiger partial charge in [-0.3, -0.25) is 0 Å². The van der Waals surface area contributed by atoms with Crippen LogP contribution in [-0.2, 0) is 9.47 Å². The fraction of sp³-hybridized carbons (Fsp3) is 1.00. The van der Waals surface area contributed by atoms with Crippen molar-refractivity contribution in [2.75, 3.05) is 20.3 Å². The number of ether oxygens (including phenoxy) is 2. The van der Waals surface area contributed by atoms with Crippen LogP contribution in [-0.4, -0.2) is 43.8 Å². The molecule has 0 aromatic heterocycles. The van der Waals surface area contributed by atoms with Crippen molar-refractivity contribution in [2.24, 2.45) is 0 Å². The molecule has 1 heterocycles. The van der Waals surface area contributed by atoms with E-state index in [4.69, 9.17) is 14.6 Å². The molecule has 1 fully saturated rings. The summed E-state index contributed by atoms with van der Waals surface area (Å²) in [5, 5.41) is 12.4. The molecule has 3 atom stereocenters. The van der Waals surface area contributed by atoms with Gasteiger partial charge in [0.2, 0.25) is 0 Å². The molecule has 4 heteroatoms. The molecule has 1 aliphatic heterocycles. The van der Waals surface area contributed by atoms with Crippen molar-refractivity contribution in [3.05, 3.63) is 0 Å². The summed E-state index contributed by atoms with van der Waals surface area (Å²) in [5.41, 5.74) is 0. The van der Waals surface area contributed by atoms with E-state index in [2.05, 4.69) is 5.32 Å². The van der Waals surface area contributed by atoms with Crippen LogP contribution in [0.1, 0.15) is 13.3 Å². The minimum atomic E-state index is -0.662. The van der Waals surface area contributed by atoms with E-state index < -0.39 is 6.29 Å². The van der Waals surface area contributed by atoms with Crippen LogP contribution in [0.25, 0.3) is 0 Å². The van der Waals surface area contributed by atoms with Gasteiger partial charge in [0.25, 0.3) is 0 Å². The van der Waals surface area contributed by atoms with Crippen LogP contribution < -0.4 is 5.32 Å². The van der Waals surface area contributed by atoms with Crippen LogP contribution in [0.15, 0.2) is 0 Å². The van der Waals surface area contributed by atoms with Crippen molar-refractivity contribution >= 4 is 0 Å². The van der Waals surface area contributed by atoms with Crippen LogP contribution in [0.2, 0.25) is 0 Å². The maximum atomic E-state index is 9.17. The fourth-order valence-corrected chi connectivity index (χ4v) is 1.47. The molecule has 1 rings (SSSR count). The van der Waals surface area contributed by atoms with E-state index in [1.165, 1.54) is 0 Å². The van der Waals surface area contributed by atoms with E-state index in [1.807, 2.05) is 6.92 Å². The second-order valence-electron chi connectivity index (χ2n) is 2.96. The highest BCUT2D eigenvalue weighted by Crippen LogP contribution is 2.14. The predicted molar refractivity (Wildman–Crippen MR) is 44.8 cm³/mol. The van der Waals surface area contributed by atoms with Gasteiger partial charge in [0.1, 0.15) is 0 Å². The van der Waals surface area contributed by atoms with Crippen molar-refractivity contribution in [2.45, 2.75) is 31.8 Å². The summed E-state index contributed by atoms with van der Waals surface area (Å²) >= 11 is 0. The topological polar surface area (TPSA) is 50.7 Å². The second-order valence-corrected chi connectivity index (χ2v) is 2.96. The normalized spacial score (nSPS) is 36.8. The van der Waals surface area contributed by atoms with Crippen molar-refractivity contribution in [1.82, 2.24) is 5.32 Å². The number of aliphatic hydroxyl groups is 1. The lowest BCUT2D eigenvalue weighted by Crippen LogP contribution is -2.50. The Hall–Kier alpha value is -0.160. The highest BCUT2D eigenvalue weighted by atomic mass is 16.6. The molecule has 0 aliphatic carbocycles. The zero-order valence-electron chi connectivity index (χ0n) is 7.62. The molecule has 0 unspecified atom stereocenters. The molecular weight excluding hydrogens is 158 g/mol. The maximum Gasteiger partial charge on any atom is 0.157 e. The first-order chi connectivity index (χ1) is 5.77. The average Bonchev–Trinajstić information content (AvgIpc) is 2.08. The van der Waals surface area contributed by atoms with E-state index in [0.29, 0.717) is 13.0 Å². The molecule has 72 valence electrons. The van der Waals surface area contributed by atoms with Gasteiger partial charge in [0.15, 0.2) is 6.29 Å². The summed E-state index contributed by atoms with van der Waals surface area (Å²) < 4.78 is 10.3. The average molecular weight is 175 g/mol. The molecule has 0 radical (unpaired) electrons. The van der Waals surface area contributed by atoms with E-state index in [0.717, 1.165) is 6.54 Å². The molecule has 0 saturated carbocycles. The van der Waals surface area contributed by atoms with Gasteiger partial charge in [0.05, 0.1) is 18.8 Å². The number of methoxy groups -OCH3 is 1. The molecular formula is C8H17NO3. The lowest BCUT2D eigenvalue weighted by molar-refractivity contribution is -0.169. The summed E-state index contributed by atoms with van der Waals surface area (Å²) in [6, 6.07) is 0.211. The molecule has 2 N–H and O–H groups in total. The van der Waals surface area contributed by atoms with Crippen molar-refractivity contribution in [3.8, 4) is 0 Å². The Morgan fingerprint density at radius 2 is 2.42 bits per heavy atom. The van der Waals surface area contributed by atoms with Gasteiger partial charge in [-0.15, -0.1) is 0 Å². The standard InChI is InChI=1S/C8H17NO3/c1-3-9-6-5-12-8(10)4-7(6)11-2/h6-10H,3-5H2,1-2H3/t6-,7-,8+/m0/s1. The van der Waals surface area contributed by atoms with Gasteiger partial charge in [-0.05, 0) is 6.54 Å². The Balaban J connectivity index is 2.39. The third kappa shape index (κ3) is 2.42. The molecule has 0 aromatic carbocycles. The molecule has 0 aromatic rings. The molecule has 0 amide bonds. The van der Waals surface area contributed by atoms with Crippen LogP contribution in [0.3, 0.4) is 0 Å². The molecule has 4 nitrogen and oxygen atoms in total. The lowest BCUT2D eigenvalue weighted by Gasteiger charge is -2.33. The highest BCUT2D eigenvalue weighted by Gasteiger charge is 2.29. The van der Waals surface area contributed by atoms with Gasteiger partial charge >= 0.3 is 0 Å². The molecule has 0 bridgehead atoms. The van der Waals surface area contributed by atoms with Crippen LogP contribution in [0.4, 0.5) is 0 Å². The monoisotopic (exact) mass is 175 g/mol. The van der Waals surface area contributed by atoms with Gasteiger partial charge in [-0.1, -0.05) is 6.92 Å². The van der Waals surface area contributed by atoms with E-state index in [1.54, 1.807) is 7.11 Å². The largest absolute Gasteiger partial charge is 0.380 e. The smallest absolute Gasteiger partial charge is 0.157 e. The van der Waals surface area contributed by atoms with Crippen LogP contribution in [0.5, 0.6) is 0 Å². The fourth-order valence-electron chi connectivity index (χ4n) is 1.47. The first-order valence-electron chi connectivity index (χ1n) is 4.33. The van der Waals surface area contributed by atoms with Crippen molar-refractivity contribution in [1.29, 1.82) is 0 Å². The molecule has 1 aliphatic rings. The Morgan fingerprint density at radius 1 is 1.67 bits per heavy atom. The number of hydrogen-bond donors (Lipinski definition) is 2. The summed E-state index contributed by atoms with van der Waals surface area (Å²) in [6.45, 7) is 3.45. The number of hydrogen-bond acceptors (Lipinski definition) is 4. The number of aliphatic hydroxyl groups excluding tert-OH is 1. The third-order valence-electron chi connectivity index (χ3n) is 2.12. The second kappa shape index (κ2) is 4.77. The molecule has 1 saturated heterocycles. The van der Waals surface area contributed by atoms with Crippen LogP contribution in [0, 0.1) is 0 Å². The summed E-state index contributed by atoms with van der Waals surface area (Å²) in [6.07, 6.45) is -0.0488. The summed E-state index contributed by atoms with van der Waals surface area (Å²) in [5.74, 6) is 0. The van der Waals surface area contributed by atoms with E-state index >= 15 is 0 Å². The molecule has 0 spiro atoms. The summed E-state index contributed by atoms with van der Waals surface area (Å²) in [4.78, 5) is 0. The van der Waals surface area contributed by atoms with E-state index in [-0.39, 0.29) is 12.1 Å². The third-order valence-corrected chi connectivity index (χ3v) is 2.12. The van der Waals surface area contributed by atoms with Gasteiger partial charge in [0, 0.05) is 13.5 Å². The quantitative estimate of drug-likeness (QED) is 0.619. The minimum Gasteiger partial charge on any atom is -0.380 e. The number of nitrogens with one attached hydrogen (secondary N) is 1. The molecule has 12 heavy (non-hydrogen) atoms. The zero-order valence-corrected chi connectivity index (χ0v) is 7.62. The Kier molecular flexibility index (Phi) is 3.94. The van der Waals surface area contributed by atoms with Crippen LogP contribution >= 0.6 is 0 Å². The Bertz CT molecular complexity index is 131. The van der Waals surface area contributed by atoms with Gasteiger partial charge in [-0.25, -0.2) is 0 Å². The lowest BCUT2D eigenvalue weighted by atomic mass is 10.1. The van der Waals surface area contributed by atoms with Gasteiger partial charge in [-0.2, -0.15) is 0 Å². The number of likely N-dealkylation sites (N-methyl/N-ethyl adjacent to an activating group) is 1. The highest BCUT2D eigenvalue weighted by molar-refractivity contribution is 4.80. The minimum absolute atomic E-state index is 0.0636. The Morgan fingerprint density at radius 3 is 3.00 bits per heavy atom. The zero-order chi connectivity index (χ0) is 8.97. The SMILES string of the molecule is CCN[C@H]1CO[C@@H](O)C[C@@H]1OC. The maximum absolute atomic E-state index is 9.17. The van der Waals surface area contributed by atoms with Gasteiger partial charge < -0.3 is 19.9 Å². The number of rotatable bonds is 3. The first kappa shape index (κ1) is 9.92.